The first-order chi connectivity index (χ1) is 25.6. The smallest absolute Gasteiger partial charge is 0.186 e. The van der Waals surface area contributed by atoms with Gasteiger partial charge in [-0.15, -0.1) is 0 Å². The lowest BCUT2D eigenvalue weighted by Gasteiger charge is -2.39. The minimum Gasteiger partial charge on any atom is -0.394 e. The molecule has 1 rings (SSSR count). The number of ether oxygens (including phenoxy) is 10. The molecular weight excluding hydrogens is 680 g/mol. The van der Waals surface area contributed by atoms with E-state index in [-0.39, 0.29) is 13.2 Å². The highest BCUT2D eigenvalue weighted by Crippen LogP contribution is 2.21. The first-order valence-corrected chi connectivity index (χ1v) is 20.2. The van der Waals surface area contributed by atoms with Gasteiger partial charge in [-0.05, 0) is 6.42 Å². The van der Waals surface area contributed by atoms with Crippen LogP contribution >= 0.6 is 0 Å². The van der Waals surface area contributed by atoms with Crippen LogP contribution in [0.2, 0.25) is 0 Å². The van der Waals surface area contributed by atoms with Crippen LogP contribution < -0.4 is 0 Å². The van der Waals surface area contributed by atoms with Crippen molar-refractivity contribution in [3.63, 3.8) is 0 Å². The van der Waals surface area contributed by atoms with Gasteiger partial charge < -0.3 is 67.8 Å². The summed E-state index contributed by atoms with van der Waals surface area (Å²) >= 11 is 0. The van der Waals surface area contributed by atoms with Gasteiger partial charge in [-0.1, -0.05) is 90.4 Å². The molecule has 312 valence electrons. The van der Waals surface area contributed by atoms with Crippen molar-refractivity contribution >= 4 is 0 Å². The molecule has 0 spiro atoms. The molecule has 1 fully saturated rings. The Labute approximate surface area is 314 Å². The van der Waals surface area contributed by atoms with Crippen molar-refractivity contribution in [2.24, 2.45) is 0 Å². The predicted molar refractivity (Wildman–Crippen MR) is 197 cm³/mol. The van der Waals surface area contributed by atoms with Crippen molar-refractivity contribution in [1.29, 1.82) is 0 Å². The summed E-state index contributed by atoms with van der Waals surface area (Å²) in [5, 5.41) is 38.6. The molecule has 0 radical (unpaired) electrons. The van der Waals surface area contributed by atoms with Crippen LogP contribution in [0, 0.1) is 0 Å². The van der Waals surface area contributed by atoms with Crippen LogP contribution in [0.3, 0.4) is 0 Å². The number of rotatable bonds is 41. The normalized spacial score (nSPS) is 20.6. The molecule has 14 heteroatoms. The molecule has 0 saturated carbocycles. The maximum absolute atomic E-state index is 9.92. The van der Waals surface area contributed by atoms with E-state index in [1.54, 1.807) is 0 Å². The number of hydrogen-bond acceptors (Lipinski definition) is 14. The second kappa shape index (κ2) is 38.7. The van der Waals surface area contributed by atoms with E-state index < -0.39 is 37.3 Å². The fraction of sp³-hybridized carbons (Fsp3) is 1.00. The molecule has 0 bridgehead atoms. The molecule has 0 amide bonds. The van der Waals surface area contributed by atoms with E-state index in [0.29, 0.717) is 92.5 Å². The average Bonchev–Trinajstić information content (AvgIpc) is 3.15. The van der Waals surface area contributed by atoms with Crippen molar-refractivity contribution in [3.05, 3.63) is 0 Å². The van der Waals surface area contributed by atoms with E-state index in [1.165, 1.54) is 83.5 Å². The number of aliphatic hydroxyl groups is 4. The zero-order chi connectivity index (χ0) is 37.6. The number of hydrogen-bond donors (Lipinski definition) is 4. The van der Waals surface area contributed by atoms with Crippen LogP contribution in [0.15, 0.2) is 0 Å². The van der Waals surface area contributed by atoms with Gasteiger partial charge >= 0.3 is 0 Å². The molecule has 0 aromatic carbocycles. The summed E-state index contributed by atoms with van der Waals surface area (Å²) in [6, 6.07) is 0. The van der Waals surface area contributed by atoms with E-state index in [4.69, 9.17) is 47.4 Å². The summed E-state index contributed by atoms with van der Waals surface area (Å²) in [7, 11) is 0. The molecule has 4 N–H and O–H groups in total. The zero-order valence-corrected chi connectivity index (χ0v) is 32.4. The van der Waals surface area contributed by atoms with Crippen molar-refractivity contribution in [2.45, 2.75) is 128 Å². The topological polar surface area (TPSA) is 173 Å². The van der Waals surface area contributed by atoms with Crippen LogP contribution in [0.1, 0.15) is 96.8 Å². The van der Waals surface area contributed by atoms with E-state index in [0.717, 1.165) is 13.0 Å². The number of unbranched alkanes of at least 4 members (excludes halogenated alkanes) is 13. The molecule has 0 aromatic rings. The summed E-state index contributed by atoms with van der Waals surface area (Å²) in [5.74, 6) is 0. The molecule has 0 unspecified atom stereocenters. The van der Waals surface area contributed by atoms with Crippen molar-refractivity contribution < 1.29 is 67.8 Å². The average molecular weight is 757 g/mol. The van der Waals surface area contributed by atoms with Crippen LogP contribution in [-0.4, -0.2) is 170 Å². The Kier molecular flexibility index (Phi) is 36.8. The zero-order valence-electron chi connectivity index (χ0n) is 32.4. The van der Waals surface area contributed by atoms with E-state index in [2.05, 4.69) is 6.92 Å². The van der Waals surface area contributed by atoms with Crippen molar-refractivity contribution in [1.82, 2.24) is 0 Å². The van der Waals surface area contributed by atoms with E-state index in [9.17, 15) is 20.4 Å². The maximum Gasteiger partial charge on any atom is 0.186 e. The van der Waals surface area contributed by atoms with Gasteiger partial charge in [-0.25, -0.2) is 0 Å². The molecule has 14 nitrogen and oxygen atoms in total. The van der Waals surface area contributed by atoms with Gasteiger partial charge in [-0.3, -0.25) is 0 Å². The SMILES string of the molecule is CCCCCCCCCCCCCCCCOCCOCCOCCOCCOCCOCCOCCOCCO[C@H]1O[C@H](CO)[C@@H](O)[C@H](O)[C@@H]1O. The molecule has 1 aliphatic heterocycles. The molecule has 1 aliphatic rings. The van der Waals surface area contributed by atoms with Gasteiger partial charge in [0, 0.05) is 6.61 Å². The second-order valence-electron chi connectivity index (χ2n) is 13.1. The summed E-state index contributed by atoms with van der Waals surface area (Å²) in [4.78, 5) is 0. The minimum atomic E-state index is -1.47. The molecule has 52 heavy (non-hydrogen) atoms. The van der Waals surface area contributed by atoms with Gasteiger partial charge in [0.15, 0.2) is 6.29 Å². The third kappa shape index (κ3) is 29.8. The molecule has 0 aromatic heterocycles. The van der Waals surface area contributed by atoms with Crippen LogP contribution in [0.25, 0.3) is 0 Å². The summed E-state index contributed by atoms with van der Waals surface area (Å²) in [6.45, 7) is 9.74. The Hall–Kier alpha value is -0.560. The largest absolute Gasteiger partial charge is 0.394 e. The van der Waals surface area contributed by atoms with Crippen molar-refractivity contribution in [2.75, 3.05) is 119 Å². The third-order valence-electron chi connectivity index (χ3n) is 8.60. The quantitative estimate of drug-likeness (QED) is 0.0669. The second-order valence-corrected chi connectivity index (χ2v) is 13.1. The van der Waals surface area contributed by atoms with E-state index >= 15 is 0 Å². The Morgan fingerprint density at radius 2 is 0.673 bits per heavy atom. The lowest BCUT2D eigenvalue weighted by Crippen LogP contribution is -2.59. The van der Waals surface area contributed by atoms with Gasteiger partial charge in [0.25, 0.3) is 0 Å². The Balaban J connectivity index is 1.66. The number of aliphatic hydroxyl groups excluding tert-OH is 4. The van der Waals surface area contributed by atoms with Crippen LogP contribution in [-0.2, 0) is 47.4 Å². The molecule has 0 aliphatic carbocycles. The monoisotopic (exact) mass is 757 g/mol. The van der Waals surface area contributed by atoms with E-state index in [1.807, 2.05) is 0 Å². The standard InChI is InChI=1S/C38H76O14/c1-2-3-4-5-6-7-8-9-10-11-12-13-14-15-16-43-17-18-44-19-20-45-21-22-46-23-24-47-25-26-48-27-28-49-29-30-50-31-32-51-38-37(42)36(41)35(40)34(33-39)52-38/h34-42H,2-33H2,1H3/t34-,35-,36+,37+,38+/m1/s1. The first-order valence-electron chi connectivity index (χ1n) is 20.2. The molecular formula is C38H76O14. The van der Waals surface area contributed by atoms with Crippen molar-refractivity contribution in [3.8, 4) is 0 Å². The highest BCUT2D eigenvalue weighted by Gasteiger charge is 2.43. The fourth-order valence-electron chi connectivity index (χ4n) is 5.47. The molecule has 5 atom stereocenters. The summed E-state index contributed by atoms with van der Waals surface area (Å²) in [6.07, 6.45) is 12.7. The Bertz CT molecular complexity index is 707. The van der Waals surface area contributed by atoms with Crippen LogP contribution in [0.4, 0.5) is 0 Å². The molecule has 1 saturated heterocycles. The fourth-order valence-corrected chi connectivity index (χ4v) is 5.47. The Morgan fingerprint density at radius 1 is 0.365 bits per heavy atom. The molecule has 1 heterocycles. The van der Waals surface area contributed by atoms with Gasteiger partial charge in [0.05, 0.1) is 112 Å². The first kappa shape index (κ1) is 49.5. The Morgan fingerprint density at radius 3 is 1.02 bits per heavy atom. The summed E-state index contributed by atoms with van der Waals surface area (Å²) in [5.41, 5.74) is 0. The van der Waals surface area contributed by atoms with Gasteiger partial charge in [0.1, 0.15) is 24.4 Å². The highest BCUT2D eigenvalue weighted by molar-refractivity contribution is 4.88. The van der Waals surface area contributed by atoms with Gasteiger partial charge in [-0.2, -0.15) is 0 Å². The predicted octanol–water partition coefficient (Wildman–Crippen LogP) is 3.42. The highest BCUT2D eigenvalue weighted by atomic mass is 16.7. The third-order valence-corrected chi connectivity index (χ3v) is 8.60. The lowest BCUT2D eigenvalue weighted by molar-refractivity contribution is -0.302. The minimum absolute atomic E-state index is 0.0935. The maximum atomic E-state index is 9.92. The summed E-state index contributed by atoms with van der Waals surface area (Å²) < 4.78 is 54.6. The van der Waals surface area contributed by atoms with Crippen LogP contribution in [0.5, 0.6) is 0 Å². The van der Waals surface area contributed by atoms with Gasteiger partial charge in [0.2, 0.25) is 0 Å². The lowest BCUT2D eigenvalue weighted by atomic mass is 9.99.